The maximum absolute atomic E-state index is 15.2. The highest BCUT2D eigenvalue weighted by atomic mass is 35.5. The summed E-state index contributed by atoms with van der Waals surface area (Å²) in [6.45, 7) is 1.63. The lowest BCUT2D eigenvalue weighted by Gasteiger charge is -2.12. The van der Waals surface area contributed by atoms with Gasteiger partial charge in [-0.2, -0.15) is 0 Å². The van der Waals surface area contributed by atoms with Gasteiger partial charge < -0.3 is 9.97 Å². The topological polar surface area (TPSA) is 197 Å². The van der Waals surface area contributed by atoms with Gasteiger partial charge in [0.1, 0.15) is 34.3 Å². The van der Waals surface area contributed by atoms with E-state index in [1.165, 1.54) is 18.3 Å². The first-order valence-corrected chi connectivity index (χ1v) is 23.3. The Morgan fingerprint density at radius 2 is 1.14 bits per heavy atom. The molecule has 0 saturated carbocycles. The van der Waals surface area contributed by atoms with Crippen LogP contribution in [0.3, 0.4) is 0 Å². The maximum Gasteiger partial charge on any atom is 0.232 e. The van der Waals surface area contributed by atoms with Crippen molar-refractivity contribution in [2.45, 2.75) is 13.3 Å². The molecule has 20 heteroatoms. The number of aromatic amines is 2. The summed E-state index contributed by atoms with van der Waals surface area (Å²) < 4.78 is 109. The molecule has 9 rings (SSSR count). The van der Waals surface area contributed by atoms with Gasteiger partial charge in [-0.1, -0.05) is 18.5 Å². The molecule has 0 radical (unpaired) electrons. The van der Waals surface area contributed by atoms with Gasteiger partial charge in [-0.25, -0.2) is 44.4 Å². The number of rotatable bonds is 11. The van der Waals surface area contributed by atoms with Crippen LogP contribution in [0.1, 0.15) is 45.2 Å². The van der Waals surface area contributed by atoms with E-state index in [9.17, 15) is 39.6 Å². The van der Waals surface area contributed by atoms with Crippen LogP contribution in [0.2, 0.25) is 5.02 Å². The van der Waals surface area contributed by atoms with E-state index in [1.807, 2.05) is 22.9 Å². The highest BCUT2D eigenvalue weighted by Crippen LogP contribution is 2.33. The van der Waals surface area contributed by atoms with Crippen molar-refractivity contribution in [3.05, 3.63) is 160 Å². The van der Waals surface area contributed by atoms with Crippen molar-refractivity contribution in [2.24, 2.45) is 0 Å². The molecule has 0 fully saturated rings. The second-order valence-electron chi connectivity index (χ2n) is 14.7. The molecule has 0 atom stereocenters. The number of carbonyl (C=O) groups is 2. The second kappa shape index (κ2) is 17.4. The largest absolute Gasteiger partial charge is 0.339 e. The number of ketones is 2. The van der Waals surface area contributed by atoms with Crippen LogP contribution in [-0.4, -0.2) is 65.3 Å². The van der Waals surface area contributed by atoms with E-state index in [1.54, 1.807) is 60.6 Å². The number of benzene rings is 4. The van der Waals surface area contributed by atoms with Crippen LogP contribution in [0, 0.1) is 23.3 Å². The highest BCUT2D eigenvalue weighted by molar-refractivity contribution is 7.92. The van der Waals surface area contributed by atoms with Gasteiger partial charge in [0.05, 0.1) is 28.2 Å². The molecule has 0 aliphatic heterocycles. The molecule has 0 bridgehead atoms. The molecule has 0 unspecified atom stereocenters. The Morgan fingerprint density at radius 3 is 1.66 bits per heavy atom. The van der Waals surface area contributed by atoms with Crippen LogP contribution >= 0.6 is 11.6 Å². The van der Waals surface area contributed by atoms with E-state index in [-0.39, 0.29) is 23.3 Å². The van der Waals surface area contributed by atoms with E-state index in [2.05, 4.69) is 24.9 Å². The van der Waals surface area contributed by atoms with Crippen molar-refractivity contribution in [2.75, 3.05) is 21.5 Å². The zero-order chi connectivity index (χ0) is 46.4. The normalized spacial score (nSPS) is 11.8. The fourth-order valence-corrected chi connectivity index (χ4v) is 8.97. The van der Waals surface area contributed by atoms with Crippen LogP contribution in [0.25, 0.3) is 55.0 Å². The first kappa shape index (κ1) is 44.4. The van der Waals surface area contributed by atoms with Crippen molar-refractivity contribution >= 4 is 98.5 Å². The Balaban J connectivity index is 0.000000181. The van der Waals surface area contributed by atoms with Crippen molar-refractivity contribution in [1.29, 1.82) is 0 Å². The van der Waals surface area contributed by atoms with E-state index >= 15 is 4.39 Å². The quantitative estimate of drug-likeness (QED) is 0.0721. The van der Waals surface area contributed by atoms with Gasteiger partial charge in [-0.15, -0.1) is 0 Å². The minimum Gasteiger partial charge on any atom is -0.339 e. The number of nitrogens with one attached hydrogen (secondary N) is 4. The summed E-state index contributed by atoms with van der Waals surface area (Å²) >= 11 is 6.00. The Morgan fingerprint density at radius 1 is 0.631 bits per heavy atom. The molecule has 0 aliphatic carbocycles. The fraction of sp³-hybridized carbons (Fsp3) is 0.0889. The number of pyridine rings is 3. The summed E-state index contributed by atoms with van der Waals surface area (Å²) in [6.07, 6.45) is 7.59. The lowest BCUT2D eigenvalue weighted by Crippen LogP contribution is -2.19. The number of nitrogens with zero attached hydrogens (tertiary/aromatic N) is 3. The molecular formula is C45H32ClF4N7O6S2. The van der Waals surface area contributed by atoms with Gasteiger partial charge in [0.15, 0.2) is 23.2 Å². The third-order valence-corrected chi connectivity index (χ3v) is 12.3. The van der Waals surface area contributed by atoms with Crippen molar-refractivity contribution < 1.29 is 44.0 Å². The third kappa shape index (κ3) is 9.11. The Kier molecular flexibility index (Phi) is 11.9. The molecule has 5 aromatic heterocycles. The molecule has 4 N–H and O–H groups in total. The number of hydrogen-bond acceptors (Lipinski definition) is 9. The number of fused-ring (bicyclic) bond motifs is 6. The van der Waals surface area contributed by atoms with Crippen LogP contribution in [-0.2, 0) is 20.0 Å². The number of anilines is 2. The van der Waals surface area contributed by atoms with Crippen molar-refractivity contribution in [3.8, 4) is 11.1 Å². The molecule has 9 aromatic rings. The summed E-state index contributed by atoms with van der Waals surface area (Å²) in [5.74, 6) is -6.54. The number of aromatic nitrogens is 5. The molecule has 0 aliphatic rings. The Hall–Kier alpha value is -7.22. The number of hydrogen-bond donors (Lipinski definition) is 4. The monoisotopic (exact) mass is 941 g/mol. The number of carbonyl (C=O) groups excluding carboxylic acids is 2. The number of halogens is 5. The second-order valence-corrected chi connectivity index (χ2v) is 18.7. The van der Waals surface area contributed by atoms with Gasteiger partial charge in [0.2, 0.25) is 20.0 Å². The third-order valence-electron chi connectivity index (χ3n) is 10.1. The van der Waals surface area contributed by atoms with E-state index in [0.29, 0.717) is 38.0 Å². The molecular weight excluding hydrogens is 910 g/mol. The average molecular weight is 942 g/mol. The minimum absolute atomic E-state index is 0.134. The first-order chi connectivity index (χ1) is 30.9. The molecule has 13 nitrogen and oxygen atoms in total. The van der Waals surface area contributed by atoms with Crippen LogP contribution in [0.5, 0.6) is 0 Å². The summed E-state index contributed by atoms with van der Waals surface area (Å²) in [5, 5.41) is 3.21. The first-order valence-electron chi connectivity index (χ1n) is 19.3. The van der Waals surface area contributed by atoms with Crippen LogP contribution in [0.15, 0.2) is 110 Å². The minimum atomic E-state index is -3.97. The maximum atomic E-state index is 15.2. The van der Waals surface area contributed by atoms with E-state index in [0.717, 1.165) is 52.6 Å². The lowest BCUT2D eigenvalue weighted by atomic mass is 9.99. The standard InChI is InChI=1S/C26H20F2N4O3S.C19H12ClF2N3O3S/c1-2-11-36(34,35)32-24-21(27)5-4-18(23(24)28)25(33)16-3-6-22-19(12-16)20-13-17(14-30-26(20)31-22)15-7-9-29-10-8-15;1-29(27,28)25-17-14(21)4-3-11(16(17)22)18(26)9-2-5-15-12(6-9)13-7-10(20)8-23-19(13)24-15/h3-10,12-14,32H,2,11H2,1H3,(H,30,31);2-8,25H,1H3,(H,23,24). The average Bonchev–Trinajstić information content (AvgIpc) is 3.83. The van der Waals surface area contributed by atoms with E-state index in [4.69, 9.17) is 11.6 Å². The summed E-state index contributed by atoms with van der Waals surface area (Å²) in [6, 6.07) is 20.5. The molecule has 0 amide bonds. The summed E-state index contributed by atoms with van der Waals surface area (Å²) in [5.41, 5.74) is 2.01. The molecule has 330 valence electrons. The molecule has 0 spiro atoms. The van der Waals surface area contributed by atoms with E-state index < -0.39 is 77.4 Å². The predicted molar refractivity (Wildman–Crippen MR) is 241 cm³/mol. The molecule has 5 heterocycles. The van der Waals surface area contributed by atoms with Gasteiger partial charge >= 0.3 is 0 Å². The summed E-state index contributed by atoms with van der Waals surface area (Å²) in [7, 11) is -7.91. The number of H-pyrrole nitrogens is 2. The van der Waals surface area contributed by atoms with Gasteiger partial charge in [-0.05, 0) is 96.9 Å². The smallest absolute Gasteiger partial charge is 0.232 e. The van der Waals surface area contributed by atoms with Crippen molar-refractivity contribution in [3.63, 3.8) is 0 Å². The van der Waals surface area contributed by atoms with Crippen LogP contribution in [0.4, 0.5) is 28.9 Å². The van der Waals surface area contributed by atoms with Crippen LogP contribution < -0.4 is 9.44 Å². The Bertz CT molecular complexity index is 3630. The number of sulfonamides is 2. The van der Waals surface area contributed by atoms with Crippen molar-refractivity contribution in [1.82, 2.24) is 24.9 Å². The Labute approximate surface area is 372 Å². The lowest BCUT2D eigenvalue weighted by molar-refractivity contribution is 0.102. The zero-order valence-electron chi connectivity index (χ0n) is 33.8. The van der Waals surface area contributed by atoms with Gasteiger partial charge in [0.25, 0.3) is 0 Å². The van der Waals surface area contributed by atoms with Gasteiger partial charge in [0, 0.05) is 74.1 Å². The molecule has 65 heavy (non-hydrogen) atoms. The predicted octanol–water partition coefficient (Wildman–Crippen LogP) is 9.69. The zero-order valence-corrected chi connectivity index (χ0v) is 36.2. The highest BCUT2D eigenvalue weighted by Gasteiger charge is 2.25. The molecule has 4 aromatic carbocycles. The van der Waals surface area contributed by atoms with Gasteiger partial charge in [-0.3, -0.25) is 24.0 Å². The SMILES string of the molecule is CCCS(=O)(=O)Nc1c(F)ccc(C(=O)c2ccc3[nH]c4ncc(-c5ccncc5)cc4c3c2)c1F.CS(=O)(=O)Nc1c(F)ccc(C(=O)c2ccc3[nH]c4ncc(Cl)cc4c3c2)c1F. The summed E-state index contributed by atoms with van der Waals surface area (Å²) in [4.78, 5) is 45.1. The molecule has 0 saturated heterocycles. The fourth-order valence-electron chi connectivity index (χ4n) is 7.12.